The maximum atomic E-state index is 11.9. The summed E-state index contributed by atoms with van der Waals surface area (Å²) in [5.74, 6) is -0.313. The highest BCUT2D eigenvalue weighted by Gasteiger charge is 2.27. The van der Waals surface area contributed by atoms with Crippen molar-refractivity contribution in [2.24, 2.45) is 5.92 Å². The smallest absolute Gasteiger partial charge is 0.251 e. The summed E-state index contributed by atoms with van der Waals surface area (Å²) in [7, 11) is 0. The van der Waals surface area contributed by atoms with Crippen molar-refractivity contribution >= 4 is 17.5 Å². The third-order valence-electron chi connectivity index (χ3n) is 3.49. The van der Waals surface area contributed by atoms with Gasteiger partial charge in [-0.25, -0.2) is 0 Å². The molecule has 0 spiro atoms. The van der Waals surface area contributed by atoms with Crippen LogP contribution in [-0.2, 0) is 0 Å². The van der Waals surface area contributed by atoms with Crippen LogP contribution in [0, 0.1) is 5.92 Å². The lowest BCUT2D eigenvalue weighted by molar-refractivity contribution is 0.00592. The lowest BCUT2D eigenvalue weighted by Gasteiger charge is -2.29. The molecule has 1 rings (SSSR count). The van der Waals surface area contributed by atoms with Crippen molar-refractivity contribution in [2.45, 2.75) is 32.8 Å². The van der Waals surface area contributed by atoms with Crippen molar-refractivity contribution in [2.75, 3.05) is 6.54 Å². The zero-order valence-corrected chi connectivity index (χ0v) is 12.2. The first-order valence-electron chi connectivity index (χ1n) is 6.27. The summed E-state index contributed by atoms with van der Waals surface area (Å²) < 4.78 is 0. The SMILES string of the molecule is CC[C@H](C)[C@](C)(O)CNC(=O)c1ccc(O)c(Cl)c1. The Hall–Kier alpha value is -1.26. The molecule has 0 aliphatic rings. The highest BCUT2D eigenvalue weighted by Crippen LogP contribution is 2.24. The normalized spacial score (nSPS) is 15.6. The molecular formula is C14H20ClNO3. The van der Waals surface area contributed by atoms with Crippen LogP contribution < -0.4 is 5.32 Å². The lowest BCUT2D eigenvalue weighted by atomic mass is 9.88. The summed E-state index contributed by atoms with van der Waals surface area (Å²) in [4.78, 5) is 11.9. The molecule has 1 aromatic rings. The quantitative estimate of drug-likeness (QED) is 0.779. The number of amides is 1. The molecule has 0 radical (unpaired) electrons. The molecule has 19 heavy (non-hydrogen) atoms. The monoisotopic (exact) mass is 285 g/mol. The van der Waals surface area contributed by atoms with E-state index in [1.807, 2.05) is 13.8 Å². The maximum Gasteiger partial charge on any atom is 0.251 e. The molecule has 2 atom stereocenters. The molecular weight excluding hydrogens is 266 g/mol. The van der Waals surface area contributed by atoms with Crippen LogP contribution in [0.25, 0.3) is 0 Å². The number of carbonyl (C=O) groups excluding carboxylic acids is 1. The summed E-state index contributed by atoms with van der Waals surface area (Å²) in [6.45, 7) is 5.79. The molecule has 0 saturated carbocycles. The summed E-state index contributed by atoms with van der Waals surface area (Å²) in [6, 6.07) is 4.24. The van der Waals surface area contributed by atoms with Gasteiger partial charge in [-0.3, -0.25) is 4.79 Å². The average molecular weight is 286 g/mol. The predicted octanol–water partition coefficient (Wildman–Crippen LogP) is 2.57. The van der Waals surface area contributed by atoms with E-state index in [-0.39, 0.29) is 29.1 Å². The number of nitrogens with one attached hydrogen (secondary N) is 1. The molecule has 0 fully saturated rings. The molecule has 1 aromatic carbocycles. The first-order chi connectivity index (χ1) is 8.77. The molecule has 0 bridgehead atoms. The first kappa shape index (κ1) is 15.8. The second-order valence-electron chi connectivity index (χ2n) is 5.02. The topological polar surface area (TPSA) is 69.6 Å². The van der Waals surface area contributed by atoms with E-state index >= 15 is 0 Å². The van der Waals surface area contributed by atoms with Crippen molar-refractivity contribution in [1.29, 1.82) is 0 Å². The summed E-state index contributed by atoms with van der Waals surface area (Å²) in [5.41, 5.74) is -0.603. The van der Waals surface area contributed by atoms with Crippen molar-refractivity contribution in [1.82, 2.24) is 5.32 Å². The van der Waals surface area contributed by atoms with E-state index in [2.05, 4.69) is 5.32 Å². The van der Waals surface area contributed by atoms with Crippen LogP contribution in [0.2, 0.25) is 5.02 Å². The van der Waals surface area contributed by atoms with Gasteiger partial charge in [0.1, 0.15) is 5.75 Å². The van der Waals surface area contributed by atoms with E-state index in [0.29, 0.717) is 5.56 Å². The second kappa shape index (κ2) is 6.26. The number of aliphatic hydroxyl groups is 1. The van der Waals surface area contributed by atoms with E-state index < -0.39 is 5.60 Å². The van der Waals surface area contributed by atoms with Gasteiger partial charge < -0.3 is 15.5 Å². The van der Waals surface area contributed by atoms with Crippen molar-refractivity contribution in [3.63, 3.8) is 0 Å². The van der Waals surface area contributed by atoms with Crippen LogP contribution in [0.15, 0.2) is 18.2 Å². The Morgan fingerprint density at radius 3 is 2.68 bits per heavy atom. The fourth-order valence-electron chi connectivity index (χ4n) is 1.62. The van der Waals surface area contributed by atoms with Crippen LogP contribution in [0.5, 0.6) is 5.75 Å². The minimum absolute atomic E-state index is 0.0650. The number of phenols is 1. The second-order valence-corrected chi connectivity index (χ2v) is 5.42. The number of aromatic hydroxyl groups is 1. The van der Waals surface area contributed by atoms with Crippen molar-refractivity contribution in [3.8, 4) is 5.75 Å². The van der Waals surface area contributed by atoms with Gasteiger partial charge in [-0.1, -0.05) is 31.9 Å². The van der Waals surface area contributed by atoms with Gasteiger partial charge >= 0.3 is 0 Å². The number of hydrogen-bond donors (Lipinski definition) is 3. The van der Waals surface area contributed by atoms with Crippen LogP contribution in [0.1, 0.15) is 37.6 Å². The number of carbonyl (C=O) groups is 1. The van der Waals surface area contributed by atoms with Crippen LogP contribution >= 0.6 is 11.6 Å². The van der Waals surface area contributed by atoms with Gasteiger partial charge in [-0.05, 0) is 31.0 Å². The molecule has 106 valence electrons. The Kier molecular flexibility index (Phi) is 5.20. The van der Waals surface area contributed by atoms with Gasteiger partial charge in [0, 0.05) is 12.1 Å². The highest BCUT2D eigenvalue weighted by molar-refractivity contribution is 6.32. The Morgan fingerprint density at radius 1 is 1.53 bits per heavy atom. The zero-order chi connectivity index (χ0) is 14.6. The van der Waals surface area contributed by atoms with E-state index in [1.165, 1.54) is 18.2 Å². The maximum absolute atomic E-state index is 11.9. The first-order valence-corrected chi connectivity index (χ1v) is 6.64. The summed E-state index contributed by atoms with van der Waals surface area (Å²) in [5, 5.41) is 22.3. The van der Waals surface area contributed by atoms with E-state index in [4.69, 9.17) is 11.6 Å². The predicted molar refractivity (Wildman–Crippen MR) is 75.5 cm³/mol. The molecule has 0 saturated heterocycles. The lowest BCUT2D eigenvalue weighted by Crippen LogP contribution is -2.45. The highest BCUT2D eigenvalue weighted by atomic mass is 35.5. The Labute approximate surface area is 118 Å². The average Bonchev–Trinajstić information content (AvgIpc) is 2.38. The van der Waals surface area contributed by atoms with Gasteiger partial charge in [0.2, 0.25) is 0 Å². The van der Waals surface area contributed by atoms with E-state index in [0.717, 1.165) is 6.42 Å². The van der Waals surface area contributed by atoms with Crippen molar-refractivity contribution < 1.29 is 15.0 Å². The van der Waals surface area contributed by atoms with Crippen LogP contribution in [-0.4, -0.2) is 28.3 Å². The molecule has 3 N–H and O–H groups in total. The number of hydrogen-bond acceptors (Lipinski definition) is 3. The van der Waals surface area contributed by atoms with Gasteiger partial charge in [0.15, 0.2) is 0 Å². The third-order valence-corrected chi connectivity index (χ3v) is 3.79. The molecule has 0 aliphatic carbocycles. The number of rotatable bonds is 5. The van der Waals surface area contributed by atoms with Crippen molar-refractivity contribution in [3.05, 3.63) is 28.8 Å². The van der Waals surface area contributed by atoms with E-state index in [9.17, 15) is 15.0 Å². The molecule has 5 heteroatoms. The minimum Gasteiger partial charge on any atom is -0.506 e. The molecule has 0 heterocycles. The Balaban J connectivity index is 2.68. The van der Waals surface area contributed by atoms with E-state index in [1.54, 1.807) is 6.92 Å². The largest absolute Gasteiger partial charge is 0.506 e. The van der Waals surface area contributed by atoms with Crippen LogP contribution in [0.3, 0.4) is 0 Å². The fourth-order valence-corrected chi connectivity index (χ4v) is 1.80. The molecule has 0 aromatic heterocycles. The van der Waals surface area contributed by atoms with Gasteiger partial charge in [0.05, 0.1) is 10.6 Å². The molecule has 4 nitrogen and oxygen atoms in total. The minimum atomic E-state index is -0.953. The Morgan fingerprint density at radius 2 is 2.16 bits per heavy atom. The summed E-state index contributed by atoms with van der Waals surface area (Å²) in [6.07, 6.45) is 0.827. The standard InChI is InChI=1S/C14H20ClNO3/c1-4-9(2)14(3,19)8-16-13(18)10-5-6-12(17)11(15)7-10/h5-7,9,17,19H,4,8H2,1-3H3,(H,16,18)/t9-,14+/m0/s1. The van der Waals surface area contributed by atoms with Gasteiger partial charge in [-0.2, -0.15) is 0 Å². The molecule has 0 unspecified atom stereocenters. The fraction of sp³-hybridized carbons (Fsp3) is 0.500. The zero-order valence-electron chi connectivity index (χ0n) is 11.4. The van der Waals surface area contributed by atoms with Gasteiger partial charge in [0.25, 0.3) is 5.91 Å². The number of phenolic OH excluding ortho intramolecular Hbond substituents is 1. The molecule has 0 aliphatic heterocycles. The van der Waals surface area contributed by atoms with Crippen LogP contribution in [0.4, 0.5) is 0 Å². The Bertz CT molecular complexity index is 460. The number of halogens is 1. The number of benzene rings is 1. The van der Waals surface area contributed by atoms with Gasteiger partial charge in [-0.15, -0.1) is 0 Å². The molecule has 1 amide bonds. The summed E-state index contributed by atoms with van der Waals surface area (Å²) >= 11 is 5.74. The third kappa shape index (κ3) is 4.11.